The molecular weight excluding hydrogens is 483 g/mol. The van der Waals surface area contributed by atoms with Crippen molar-refractivity contribution in [1.29, 1.82) is 0 Å². The lowest BCUT2D eigenvalue weighted by Crippen LogP contribution is -2.40. The van der Waals surface area contributed by atoms with Gasteiger partial charge in [0.15, 0.2) is 0 Å². The Morgan fingerprint density at radius 3 is 2.42 bits per heavy atom. The van der Waals surface area contributed by atoms with Crippen molar-refractivity contribution in [2.75, 3.05) is 30.4 Å². The molecule has 2 aliphatic rings. The fraction of sp³-hybridized carbons (Fsp3) is 0.185. The molecule has 7 nitrogen and oxygen atoms in total. The van der Waals surface area contributed by atoms with Crippen LogP contribution in [0.3, 0.4) is 0 Å². The van der Waals surface area contributed by atoms with E-state index in [-0.39, 0.29) is 17.9 Å². The fourth-order valence-electron chi connectivity index (χ4n) is 4.45. The molecule has 0 bridgehead atoms. The maximum Gasteiger partial charge on any atom is 0.299 e. The second-order valence-electron chi connectivity index (χ2n) is 8.88. The van der Waals surface area contributed by atoms with Crippen LogP contribution in [0.1, 0.15) is 33.9 Å². The number of halogens is 2. The van der Waals surface area contributed by atoms with Gasteiger partial charge in [0.1, 0.15) is 12.4 Å². The summed E-state index contributed by atoms with van der Waals surface area (Å²) in [6.07, 6.45) is 0.414. The Bertz CT molecular complexity index is 1400. The summed E-state index contributed by atoms with van der Waals surface area (Å²) >= 11 is 5.99. The van der Waals surface area contributed by atoms with Crippen molar-refractivity contribution < 1.29 is 18.8 Å². The highest BCUT2D eigenvalue weighted by molar-refractivity contribution is 6.53. The van der Waals surface area contributed by atoms with Crippen LogP contribution in [0.4, 0.5) is 15.8 Å². The Morgan fingerprint density at radius 1 is 1.06 bits per heavy atom. The number of nitrogens with zero attached hydrogens (tertiary/aromatic N) is 4. The minimum Gasteiger partial charge on any atom is -0.378 e. The molecule has 0 aliphatic carbocycles. The third kappa shape index (κ3) is 4.24. The average molecular weight is 505 g/mol. The monoisotopic (exact) mass is 504 g/mol. The van der Waals surface area contributed by atoms with E-state index in [0.29, 0.717) is 28.4 Å². The predicted octanol–water partition coefficient (Wildman–Crippen LogP) is 4.45. The summed E-state index contributed by atoms with van der Waals surface area (Å²) in [5.74, 6) is -2.29. The molecule has 2 aliphatic heterocycles. The van der Waals surface area contributed by atoms with Crippen LogP contribution in [0.2, 0.25) is 5.02 Å². The molecule has 0 fully saturated rings. The zero-order valence-corrected chi connectivity index (χ0v) is 20.4. The normalized spacial score (nSPS) is 16.9. The molecule has 0 aromatic heterocycles. The van der Waals surface area contributed by atoms with Crippen molar-refractivity contribution in [3.63, 3.8) is 0 Å². The van der Waals surface area contributed by atoms with Crippen LogP contribution < -0.4 is 9.80 Å². The van der Waals surface area contributed by atoms with E-state index in [1.54, 1.807) is 24.3 Å². The maximum atomic E-state index is 13.5. The van der Waals surface area contributed by atoms with Crippen molar-refractivity contribution >= 4 is 46.3 Å². The number of anilines is 2. The molecule has 0 radical (unpaired) electrons. The topological polar surface area (TPSA) is 73.3 Å². The number of rotatable bonds is 5. The predicted molar refractivity (Wildman–Crippen MR) is 136 cm³/mol. The van der Waals surface area contributed by atoms with Crippen molar-refractivity contribution in [2.45, 2.75) is 12.5 Å². The lowest BCUT2D eigenvalue weighted by atomic mass is 9.98. The molecule has 1 atom stereocenters. The summed E-state index contributed by atoms with van der Waals surface area (Å²) in [5, 5.41) is 6.27. The highest BCUT2D eigenvalue weighted by atomic mass is 35.5. The molecule has 3 aromatic carbocycles. The molecular formula is C27H22ClFN4O3. The van der Waals surface area contributed by atoms with Gasteiger partial charge in [-0.25, -0.2) is 9.40 Å². The second-order valence-corrected chi connectivity index (χ2v) is 9.32. The Labute approximate surface area is 212 Å². The summed E-state index contributed by atoms with van der Waals surface area (Å²) in [7, 11) is 3.88. The smallest absolute Gasteiger partial charge is 0.299 e. The first-order valence-electron chi connectivity index (χ1n) is 11.3. The third-order valence-electron chi connectivity index (χ3n) is 6.36. The van der Waals surface area contributed by atoms with Crippen LogP contribution in [0.5, 0.6) is 0 Å². The zero-order valence-electron chi connectivity index (χ0n) is 19.6. The molecule has 2 heterocycles. The van der Waals surface area contributed by atoms with E-state index in [9.17, 15) is 18.8 Å². The first-order chi connectivity index (χ1) is 17.2. The quantitative estimate of drug-likeness (QED) is 0.481. The molecule has 0 saturated carbocycles. The molecule has 5 rings (SSSR count). The molecule has 0 spiro atoms. The fourth-order valence-corrected chi connectivity index (χ4v) is 4.62. The lowest BCUT2D eigenvalue weighted by molar-refractivity contribution is -0.132. The number of hydrazone groups is 1. The number of fused-ring (bicyclic) bond motifs is 1. The van der Waals surface area contributed by atoms with E-state index < -0.39 is 23.6 Å². The van der Waals surface area contributed by atoms with Gasteiger partial charge in [-0.1, -0.05) is 35.9 Å². The number of Topliss-reactive ketones (excluding diaryl/α,β-unsaturated/α-hetero) is 1. The maximum absolute atomic E-state index is 13.5. The van der Waals surface area contributed by atoms with Gasteiger partial charge in [-0.2, -0.15) is 5.10 Å². The SMILES string of the molecule is CN(C)c1ccc(C2CC(c3ccc(F)cc3)=NN2C(=O)CN2C(=O)C(=O)c3cc(Cl)ccc32)cc1. The van der Waals surface area contributed by atoms with Gasteiger partial charge in [-0.05, 0) is 53.6 Å². The van der Waals surface area contributed by atoms with E-state index in [2.05, 4.69) is 5.10 Å². The van der Waals surface area contributed by atoms with Crippen molar-refractivity contribution in [3.8, 4) is 0 Å². The van der Waals surface area contributed by atoms with Gasteiger partial charge in [0.25, 0.3) is 17.6 Å². The first-order valence-corrected chi connectivity index (χ1v) is 11.7. The van der Waals surface area contributed by atoms with Crippen LogP contribution >= 0.6 is 11.6 Å². The number of hydrogen-bond acceptors (Lipinski definition) is 5. The van der Waals surface area contributed by atoms with Crippen LogP contribution in [0, 0.1) is 5.82 Å². The van der Waals surface area contributed by atoms with Gasteiger partial charge < -0.3 is 4.90 Å². The summed E-state index contributed by atoms with van der Waals surface area (Å²) in [4.78, 5) is 41.8. The Balaban J connectivity index is 1.47. The first kappa shape index (κ1) is 23.7. The van der Waals surface area contributed by atoms with Crippen molar-refractivity contribution in [1.82, 2.24) is 5.01 Å². The largest absolute Gasteiger partial charge is 0.378 e. The molecule has 3 aromatic rings. The number of amides is 2. The molecule has 1 unspecified atom stereocenters. The summed E-state index contributed by atoms with van der Waals surface area (Å²) in [5.41, 5.74) is 3.72. The van der Waals surface area contributed by atoms with E-state index >= 15 is 0 Å². The standard InChI is InChI=1S/C27H22ClFN4O3/c1-31(2)20-10-5-17(6-11-20)24-14-22(16-3-8-19(29)9-4-16)30-33(24)25(34)15-32-23-12-7-18(28)13-21(23)26(35)27(32)36/h3-13,24H,14-15H2,1-2H3. The Kier molecular flexibility index (Phi) is 6.05. The molecule has 36 heavy (non-hydrogen) atoms. The number of carbonyl (C=O) groups excluding carboxylic acids is 3. The summed E-state index contributed by atoms with van der Waals surface area (Å²) < 4.78 is 13.5. The van der Waals surface area contributed by atoms with Gasteiger partial charge in [-0.3, -0.25) is 19.3 Å². The van der Waals surface area contributed by atoms with Gasteiger partial charge in [0, 0.05) is 31.2 Å². The second kappa shape index (κ2) is 9.20. The van der Waals surface area contributed by atoms with Crippen LogP contribution in [-0.4, -0.2) is 49.0 Å². The Morgan fingerprint density at radius 2 is 1.75 bits per heavy atom. The van der Waals surface area contributed by atoms with Crippen molar-refractivity contribution in [2.24, 2.45) is 5.10 Å². The van der Waals surface area contributed by atoms with E-state index in [0.717, 1.165) is 16.2 Å². The van der Waals surface area contributed by atoms with Gasteiger partial charge >= 0.3 is 0 Å². The highest BCUT2D eigenvalue weighted by Gasteiger charge is 2.40. The van der Waals surface area contributed by atoms with Gasteiger partial charge in [0.2, 0.25) is 0 Å². The number of ketones is 1. The van der Waals surface area contributed by atoms with E-state index in [1.807, 2.05) is 43.3 Å². The van der Waals surface area contributed by atoms with Gasteiger partial charge in [0.05, 0.1) is 23.0 Å². The number of benzene rings is 3. The number of hydrogen-bond donors (Lipinski definition) is 0. The van der Waals surface area contributed by atoms with Crippen LogP contribution in [-0.2, 0) is 9.59 Å². The van der Waals surface area contributed by atoms with Crippen molar-refractivity contribution in [3.05, 3.63) is 94.3 Å². The number of carbonyl (C=O) groups is 3. The average Bonchev–Trinajstić information content (AvgIpc) is 3.41. The van der Waals surface area contributed by atoms with Crippen LogP contribution in [0.25, 0.3) is 0 Å². The van der Waals surface area contributed by atoms with Crippen LogP contribution in [0.15, 0.2) is 71.8 Å². The van der Waals surface area contributed by atoms with Gasteiger partial charge in [-0.15, -0.1) is 0 Å². The lowest BCUT2D eigenvalue weighted by Gasteiger charge is -2.25. The summed E-state index contributed by atoms with van der Waals surface area (Å²) in [6, 6.07) is 17.8. The van der Waals surface area contributed by atoms with E-state index in [1.165, 1.54) is 23.2 Å². The zero-order chi connectivity index (χ0) is 25.6. The summed E-state index contributed by atoms with van der Waals surface area (Å²) in [6.45, 7) is -0.355. The molecule has 2 amide bonds. The molecule has 0 N–H and O–H groups in total. The Hall–Kier alpha value is -4.04. The minimum atomic E-state index is -0.783. The van der Waals surface area contributed by atoms with E-state index in [4.69, 9.17) is 11.6 Å². The molecule has 0 saturated heterocycles. The molecule has 9 heteroatoms. The molecule has 182 valence electrons. The highest BCUT2D eigenvalue weighted by Crippen LogP contribution is 2.35. The minimum absolute atomic E-state index is 0.174. The third-order valence-corrected chi connectivity index (χ3v) is 6.60.